The highest BCUT2D eigenvalue weighted by molar-refractivity contribution is 5.97. The van der Waals surface area contributed by atoms with Crippen LogP contribution in [-0.4, -0.2) is 16.9 Å². The summed E-state index contributed by atoms with van der Waals surface area (Å²) < 4.78 is 5.55. The van der Waals surface area contributed by atoms with Crippen molar-refractivity contribution in [3.05, 3.63) is 59.9 Å². The minimum absolute atomic E-state index is 0.0871. The predicted molar refractivity (Wildman–Crippen MR) is 74.5 cm³/mol. The van der Waals surface area contributed by atoms with Gasteiger partial charge in [-0.1, -0.05) is 6.07 Å². The molecule has 3 nitrogen and oxygen atoms in total. The Kier molecular flexibility index (Phi) is 4.29. The first kappa shape index (κ1) is 13.3. The third kappa shape index (κ3) is 3.91. The van der Waals surface area contributed by atoms with Gasteiger partial charge in [-0.15, -0.1) is 0 Å². The normalized spacial score (nSPS) is 10.5. The van der Waals surface area contributed by atoms with Gasteiger partial charge in [0.1, 0.15) is 5.75 Å². The second-order valence-corrected chi connectivity index (χ2v) is 4.65. The highest BCUT2D eigenvalue weighted by Crippen LogP contribution is 2.15. The number of rotatable bonds is 5. The van der Waals surface area contributed by atoms with Crippen molar-refractivity contribution in [2.45, 2.75) is 26.4 Å². The van der Waals surface area contributed by atoms with Crippen molar-refractivity contribution in [3.8, 4) is 5.75 Å². The molecular formula is C16H17NO2. The monoisotopic (exact) mass is 255 g/mol. The highest BCUT2D eigenvalue weighted by Gasteiger charge is 2.07. The molecule has 0 aliphatic carbocycles. The number of benzene rings is 1. The van der Waals surface area contributed by atoms with Crippen molar-refractivity contribution < 1.29 is 9.53 Å². The fourth-order valence-corrected chi connectivity index (χ4v) is 1.78. The first-order valence-electron chi connectivity index (χ1n) is 6.34. The highest BCUT2D eigenvalue weighted by atomic mass is 16.5. The number of ether oxygens (including phenoxy) is 1. The van der Waals surface area contributed by atoms with Gasteiger partial charge in [-0.25, -0.2) is 0 Å². The number of pyridine rings is 1. The van der Waals surface area contributed by atoms with Gasteiger partial charge < -0.3 is 4.74 Å². The zero-order valence-electron chi connectivity index (χ0n) is 11.2. The van der Waals surface area contributed by atoms with Crippen LogP contribution < -0.4 is 4.74 Å². The average molecular weight is 255 g/mol. The van der Waals surface area contributed by atoms with E-state index in [9.17, 15) is 4.79 Å². The standard InChI is InChI=1S/C16H17NO2/c1-12(2)19-15-7-5-14(6-8-15)16(18)10-13-4-3-9-17-11-13/h3-9,11-12H,10H2,1-2H3. The predicted octanol–water partition coefficient (Wildman–Crippen LogP) is 3.29. The van der Waals surface area contributed by atoms with Gasteiger partial charge in [-0.3, -0.25) is 9.78 Å². The van der Waals surface area contributed by atoms with Crippen LogP contribution in [0, 0.1) is 0 Å². The third-order valence-electron chi connectivity index (χ3n) is 2.64. The fraction of sp³-hybridized carbons (Fsp3) is 0.250. The summed E-state index contributed by atoms with van der Waals surface area (Å²) in [6, 6.07) is 11.0. The minimum Gasteiger partial charge on any atom is -0.491 e. The molecule has 0 aliphatic rings. The first-order chi connectivity index (χ1) is 9.15. The zero-order chi connectivity index (χ0) is 13.7. The van der Waals surface area contributed by atoms with E-state index >= 15 is 0 Å². The number of nitrogens with zero attached hydrogens (tertiary/aromatic N) is 1. The molecule has 1 heterocycles. The van der Waals surface area contributed by atoms with Crippen LogP contribution in [0.5, 0.6) is 5.75 Å². The van der Waals surface area contributed by atoms with Crippen LogP contribution in [0.3, 0.4) is 0 Å². The Morgan fingerprint density at radius 1 is 1.21 bits per heavy atom. The average Bonchev–Trinajstić information content (AvgIpc) is 2.40. The number of aromatic nitrogens is 1. The van der Waals surface area contributed by atoms with Crippen molar-refractivity contribution in [1.82, 2.24) is 4.98 Å². The smallest absolute Gasteiger partial charge is 0.167 e. The number of Topliss-reactive ketones (excluding diaryl/α,β-unsaturated/α-hetero) is 1. The molecule has 0 amide bonds. The fourth-order valence-electron chi connectivity index (χ4n) is 1.78. The van der Waals surface area contributed by atoms with E-state index in [0.717, 1.165) is 11.3 Å². The maximum absolute atomic E-state index is 12.1. The lowest BCUT2D eigenvalue weighted by atomic mass is 10.0. The van der Waals surface area contributed by atoms with Crippen LogP contribution in [-0.2, 0) is 6.42 Å². The van der Waals surface area contributed by atoms with E-state index in [-0.39, 0.29) is 11.9 Å². The van der Waals surface area contributed by atoms with E-state index in [1.807, 2.05) is 38.1 Å². The maximum atomic E-state index is 12.1. The lowest BCUT2D eigenvalue weighted by Crippen LogP contribution is -2.06. The molecule has 0 bridgehead atoms. The van der Waals surface area contributed by atoms with Gasteiger partial charge in [0.2, 0.25) is 0 Å². The molecule has 2 rings (SSSR count). The minimum atomic E-state index is 0.0871. The van der Waals surface area contributed by atoms with Crippen LogP contribution in [0.25, 0.3) is 0 Å². The van der Waals surface area contributed by atoms with E-state index in [0.29, 0.717) is 12.0 Å². The molecule has 0 atom stereocenters. The molecule has 1 aromatic heterocycles. The van der Waals surface area contributed by atoms with Crippen LogP contribution in [0.1, 0.15) is 29.8 Å². The number of hydrogen-bond acceptors (Lipinski definition) is 3. The molecule has 0 fully saturated rings. The van der Waals surface area contributed by atoms with Gasteiger partial charge in [-0.2, -0.15) is 0 Å². The quantitative estimate of drug-likeness (QED) is 0.769. The van der Waals surface area contributed by atoms with E-state index in [1.54, 1.807) is 24.5 Å². The molecule has 1 aromatic carbocycles. The maximum Gasteiger partial charge on any atom is 0.167 e. The first-order valence-corrected chi connectivity index (χ1v) is 6.34. The molecule has 0 N–H and O–H groups in total. The molecule has 0 aliphatic heterocycles. The largest absolute Gasteiger partial charge is 0.491 e. The number of ketones is 1. The summed E-state index contributed by atoms with van der Waals surface area (Å²) in [5.41, 5.74) is 1.62. The summed E-state index contributed by atoms with van der Waals surface area (Å²) in [7, 11) is 0. The van der Waals surface area contributed by atoms with E-state index in [2.05, 4.69) is 4.98 Å². The molecule has 0 radical (unpaired) electrons. The summed E-state index contributed by atoms with van der Waals surface area (Å²) in [6.07, 6.45) is 3.93. The number of hydrogen-bond donors (Lipinski definition) is 0. The summed E-state index contributed by atoms with van der Waals surface area (Å²) >= 11 is 0. The SMILES string of the molecule is CC(C)Oc1ccc(C(=O)Cc2cccnc2)cc1. The topological polar surface area (TPSA) is 39.2 Å². The molecule has 0 spiro atoms. The van der Waals surface area contributed by atoms with E-state index < -0.39 is 0 Å². The molecule has 0 saturated carbocycles. The summed E-state index contributed by atoms with van der Waals surface area (Å²) in [4.78, 5) is 16.1. The van der Waals surface area contributed by atoms with Crippen molar-refractivity contribution in [3.63, 3.8) is 0 Å². The van der Waals surface area contributed by atoms with Gasteiger partial charge >= 0.3 is 0 Å². The second-order valence-electron chi connectivity index (χ2n) is 4.65. The van der Waals surface area contributed by atoms with Gasteiger partial charge in [-0.05, 0) is 49.7 Å². The molecule has 3 heteroatoms. The summed E-state index contributed by atoms with van der Waals surface area (Å²) in [6.45, 7) is 3.95. The molecule has 98 valence electrons. The Labute approximate surface area is 113 Å². The van der Waals surface area contributed by atoms with Crippen molar-refractivity contribution in [2.75, 3.05) is 0 Å². The van der Waals surface area contributed by atoms with Crippen LogP contribution >= 0.6 is 0 Å². The second kappa shape index (κ2) is 6.14. The number of carbonyl (C=O) groups excluding carboxylic acids is 1. The van der Waals surface area contributed by atoms with Crippen molar-refractivity contribution in [2.24, 2.45) is 0 Å². The lowest BCUT2D eigenvalue weighted by Gasteiger charge is -2.09. The Morgan fingerprint density at radius 2 is 1.95 bits per heavy atom. The van der Waals surface area contributed by atoms with E-state index in [4.69, 9.17) is 4.74 Å². The Bertz CT molecular complexity index is 532. The molecular weight excluding hydrogens is 238 g/mol. The van der Waals surface area contributed by atoms with Crippen LogP contribution in [0.2, 0.25) is 0 Å². The van der Waals surface area contributed by atoms with Crippen molar-refractivity contribution >= 4 is 5.78 Å². The molecule has 2 aromatic rings. The lowest BCUT2D eigenvalue weighted by molar-refractivity contribution is 0.0993. The van der Waals surface area contributed by atoms with Gasteiger partial charge in [0.25, 0.3) is 0 Å². The van der Waals surface area contributed by atoms with E-state index in [1.165, 1.54) is 0 Å². The Hall–Kier alpha value is -2.16. The molecule has 19 heavy (non-hydrogen) atoms. The van der Waals surface area contributed by atoms with Crippen LogP contribution in [0.4, 0.5) is 0 Å². The third-order valence-corrected chi connectivity index (χ3v) is 2.64. The molecule has 0 unspecified atom stereocenters. The summed E-state index contributed by atoms with van der Waals surface area (Å²) in [5, 5.41) is 0. The Balaban J connectivity index is 2.04. The van der Waals surface area contributed by atoms with Gasteiger partial charge in [0, 0.05) is 24.4 Å². The molecule has 0 saturated heterocycles. The van der Waals surface area contributed by atoms with Gasteiger partial charge in [0.15, 0.2) is 5.78 Å². The Morgan fingerprint density at radius 3 is 2.53 bits per heavy atom. The van der Waals surface area contributed by atoms with Crippen molar-refractivity contribution in [1.29, 1.82) is 0 Å². The van der Waals surface area contributed by atoms with Gasteiger partial charge in [0.05, 0.1) is 6.10 Å². The summed E-state index contributed by atoms with van der Waals surface area (Å²) in [5.74, 6) is 0.872. The van der Waals surface area contributed by atoms with Crippen LogP contribution in [0.15, 0.2) is 48.8 Å². The number of carbonyl (C=O) groups is 1. The zero-order valence-corrected chi connectivity index (χ0v) is 11.2.